The largest absolute Gasteiger partial charge is 0.331 e. The second-order valence-electron chi connectivity index (χ2n) is 10.5. The minimum atomic E-state index is -0.0951. The van der Waals surface area contributed by atoms with Gasteiger partial charge in [-0.3, -0.25) is 14.6 Å². The molecule has 0 spiro atoms. The number of carbonyl (C=O) groups excluding carboxylic acids is 2. The van der Waals surface area contributed by atoms with E-state index in [-0.39, 0.29) is 17.2 Å². The van der Waals surface area contributed by atoms with Crippen LogP contribution in [0.5, 0.6) is 0 Å². The minimum absolute atomic E-state index is 0.0832. The van der Waals surface area contributed by atoms with Gasteiger partial charge in [0.2, 0.25) is 5.91 Å². The highest BCUT2D eigenvalue weighted by atomic mass is 16.2. The molecule has 5 aliphatic rings. The summed E-state index contributed by atoms with van der Waals surface area (Å²) in [6.07, 6.45) is 12.2. The summed E-state index contributed by atoms with van der Waals surface area (Å²) in [6, 6.07) is 5.35. The Kier molecular flexibility index (Phi) is 4.73. The lowest BCUT2D eigenvalue weighted by Crippen LogP contribution is -2.47. The second kappa shape index (κ2) is 7.64. The SMILES string of the molecule is O=C(CC12CC3CC(CC(C3)C1)C2)Nc1ncnc2c1CCN(C(=O)c1ccccn1)C2. The van der Waals surface area contributed by atoms with Crippen LogP contribution in [0, 0.1) is 23.2 Å². The van der Waals surface area contributed by atoms with E-state index in [9.17, 15) is 9.59 Å². The van der Waals surface area contributed by atoms with Crippen LogP contribution in [0.25, 0.3) is 0 Å². The molecule has 2 amide bonds. The maximum atomic E-state index is 13.1. The standard InChI is InChI=1S/C25H29N5O2/c31-22(13-25-10-16-7-17(11-25)9-18(8-16)12-25)29-23-19-4-6-30(14-21(19)27-15-28-23)24(32)20-3-1-2-5-26-20/h1-3,5,15-18H,4,6-14H2,(H,27,28,29,31). The van der Waals surface area contributed by atoms with Gasteiger partial charge in [0.1, 0.15) is 17.8 Å². The lowest BCUT2D eigenvalue weighted by atomic mass is 9.49. The van der Waals surface area contributed by atoms with E-state index in [0.29, 0.717) is 37.4 Å². The maximum Gasteiger partial charge on any atom is 0.272 e. The maximum absolute atomic E-state index is 13.1. The summed E-state index contributed by atoms with van der Waals surface area (Å²) < 4.78 is 0. The van der Waals surface area contributed by atoms with Crippen molar-refractivity contribution in [2.75, 3.05) is 11.9 Å². The van der Waals surface area contributed by atoms with Crippen molar-refractivity contribution in [3.63, 3.8) is 0 Å². The van der Waals surface area contributed by atoms with Gasteiger partial charge in [-0.15, -0.1) is 0 Å². The van der Waals surface area contributed by atoms with E-state index in [4.69, 9.17) is 0 Å². The fourth-order valence-electron chi connectivity index (χ4n) is 7.31. The third-order valence-corrected chi connectivity index (χ3v) is 8.14. The quantitative estimate of drug-likeness (QED) is 0.799. The third kappa shape index (κ3) is 3.57. The number of carbonyl (C=O) groups is 2. The molecule has 32 heavy (non-hydrogen) atoms. The predicted octanol–water partition coefficient (Wildman–Crippen LogP) is 3.62. The van der Waals surface area contributed by atoms with Gasteiger partial charge in [-0.2, -0.15) is 0 Å². The Morgan fingerprint density at radius 3 is 2.47 bits per heavy atom. The number of hydrogen-bond acceptors (Lipinski definition) is 5. The zero-order chi connectivity index (χ0) is 21.7. The molecule has 0 radical (unpaired) electrons. The van der Waals surface area contributed by atoms with Gasteiger partial charge in [-0.05, 0) is 80.2 Å². The first-order valence-electron chi connectivity index (χ1n) is 11.9. The normalized spacial score (nSPS) is 30.1. The number of hydrogen-bond donors (Lipinski definition) is 1. The zero-order valence-corrected chi connectivity index (χ0v) is 18.3. The molecule has 1 aliphatic heterocycles. The molecule has 0 saturated heterocycles. The van der Waals surface area contributed by atoms with E-state index in [0.717, 1.165) is 29.0 Å². The van der Waals surface area contributed by atoms with Gasteiger partial charge in [-0.25, -0.2) is 9.97 Å². The molecule has 7 nitrogen and oxygen atoms in total. The molecule has 166 valence electrons. The van der Waals surface area contributed by atoms with E-state index < -0.39 is 0 Å². The summed E-state index contributed by atoms with van der Waals surface area (Å²) in [6.45, 7) is 0.971. The molecular weight excluding hydrogens is 402 g/mol. The van der Waals surface area contributed by atoms with Crippen LogP contribution in [0.2, 0.25) is 0 Å². The highest BCUT2D eigenvalue weighted by molar-refractivity contribution is 5.93. The summed E-state index contributed by atoms with van der Waals surface area (Å²) in [7, 11) is 0. The Morgan fingerprint density at radius 1 is 1.03 bits per heavy atom. The average molecular weight is 432 g/mol. The molecule has 7 heteroatoms. The van der Waals surface area contributed by atoms with E-state index >= 15 is 0 Å². The third-order valence-electron chi connectivity index (χ3n) is 8.14. The van der Waals surface area contributed by atoms with Crippen molar-refractivity contribution in [1.29, 1.82) is 0 Å². The number of pyridine rings is 1. The van der Waals surface area contributed by atoms with Crippen LogP contribution in [0.15, 0.2) is 30.7 Å². The van der Waals surface area contributed by atoms with Crippen molar-refractivity contribution >= 4 is 17.6 Å². The predicted molar refractivity (Wildman–Crippen MR) is 119 cm³/mol. The molecule has 4 saturated carbocycles. The van der Waals surface area contributed by atoms with Crippen molar-refractivity contribution in [2.45, 2.75) is 57.9 Å². The molecule has 0 aromatic carbocycles. The Balaban J connectivity index is 1.15. The van der Waals surface area contributed by atoms with Crippen LogP contribution >= 0.6 is 0 Å². The van der Waals surface area contributed by atoms with Gasteiger partial charge >= 0.3 is 0 Å². The summed E-state index contributed by atoms with van der Waals surface area (Å²) in [5.41, 5.74) is 2.41. The number of nitrogens with one attached hydrogen (secondary N) is 1. The van der Waals surface area contributed by atoms with Crippen molar-refractivity contribution in [3.05, 3.63) is 47.7 Å². The van der Waals surface area contributed by atoms with Gasteiger partial charge in [0.15, 0.2) is 0 Å². The van der Waals surface area contributed by atoms with Crippen molar-refractivity contribution in [3.8, 4) is 0 Å². The van der Waals surface area contributed by atoms with Gasteiger partial charge in [0.05, 0.1) is 12.2 Å². The Bertz CT molecular complexity index is 1020. The van der Waals surface area contributed by atoms with Gasteiger partial charge in [0.25, 0.3) is 5.91 Å². The highest BCUT2D eigenvalue weighted by Crippen LogP contribution is 2.61. The fraction of sp³-hybridized carbons (Fsp3) is 0.560. The molecular formula is C25H29N5O2. The number of rotatable bonds is 4. The Labute approximate surface area is 188 Å². The number of amides is 2. The number of nitrogens with zero attached hydrogens (tertiary/aromatic N) is 4. The molecule has 4 aliphatic carbocycles. The summed E-state index contributed by atoms with van der Waals surface area (Å²) >= 11 is 0. The molecule has 4 fully saturated rings. The second-order valence-corrected chi connectivity index (χ2v) is 10.5. The van der Waals surface area contributed by atoms with E-state index in [1.807, 2.05) is 6.07 Å². The highest BCUT2D eigenvalue weighted by Gasteiger charge is 2.51. The molecule has 0 unspecified atom stereocenters. The smallest absolute Gasteiger partial charge is 0.272 e. The van der Waals surface area contributed by atoms with Gasteiger partial charge < -0.3 is 10.2 Å². The van der Waals surface area contributed by atoms with Crippen LogP contribution in [0.1, 0.15) is 66.7 Å². The molecule has 2 aromatic heterocycles. The molecule has 3 heterocycles. The minimum Gasteiger partial charge on any atom is -0.331 e. The first-order valence-corrected chi connectivity index (χ1v) is 11.9. The lowest BCUT2D eigenvalue weighted by Gasteiger charge is -2.56. The van der Waals surface area contributed by atoms with Crippen LogP contribution in [-0.4, -0.2) is 38.2 Å². The Morgan fingerprint density at radius 2 is 1.78 bits per heavy atom. The van der Waals surface area contributed by atoms with Gasteiger partial charge in [0, 0.05) is 24.7 Å². The molecule has 4 bridgehead atoms. The van der Waals surface area contributed by atoms with Crippen molar-refractivity contribution < 1.29 is 9.59 Å². The number of anilines is 1. The molecule has 7 rings (SSSR count). The average Bonchev–Trinajstić information content (AvgIpc) is 2.77. The van der Waals surface area contributed by atoms with Crippen molar-refractivity contribution in [2.24, 2.45) is 23.2 Å². The van der Waals surface area contributed by atoms with E-state index in [1.54, 1.807) is 23.2 Å². The summed E-state index contributed by atoms with van der Waals surface area (Å²) in [5.74, 6) is 3.12. The fourth-order valence-corrected chi connectivity index (χ4v) is 7.31. The monoisotopic (exact) mass is 431 g/mol. The number of aromatic nitrogens is 3. The van der Waals surface area contributed by atoms with Crippen LogP contribution in [0.3, 0.4) is 0 Å². The topological polar surface area (TPSA) is 88.1 Å². The first kappa shape index (κ1) is 19.8. The van der Waals surface area contributed by atoms with E-state index in [1.165, 1.54) is 44.9 Å². The van der Waals surface area contributed by atoms with Crippen LogP contribution in [-0.2, 0) is 17.8 Å². The zero-order valence-electron chi connectivity index (χ0n) is 18.3. The van der Waals surface area contributed by atoms with E-state index in [2.05, 4.69) is 20.3 Å². The molecule has 0 atom stereocenters. The lowest BCUT2D eigenvalue weighted by molar-refractivity contribution is -0.124. The van der Waals surface area contributed by atoms with Crippen molar-refractivity contribution in [1.82, 2.24) is 19.9 Å². The Hall–Kier alpha value is -2.83. The van der Waals surface area contributed by atoms with Gasteiger partial charge in [-0.1, -0.05) is 6.07 Å². The molecule has 1 N–H and O–H groups in total. The number of fused-ring (bicyclic) bond motifs is 1. The first-order chi connectivity index (χ1) is 15.6. The summed E-state index contributed by atoms with van der Waals surface area (Å²) in [4.78, 5) is 40.6. The summed E-state index contributed by atoms with van der Waals surface area (Å²) in [5, 5.41) is 3.11. The van der Waals surface area contributed by atoms with Crippen LogP contribution in [0.4, 0.5) is 5.82 Å². The molecule has 2 aromatic rings. The van der Waals surface area contributed by atoms with Crippen LogP contribution < -0.4 is 5.32 Å².